The van der Waals surface area contributed by atoms with Crippen LogP contribution in [0, 0.1) is 35.0 Å². The van der Waals surface area contributed by atoms with Gasteiger partial charge in [0.05, 0.1) is 11.8 Å². The lowest BCUT2D eigenvalue weighted by Gasteiger charge is -2.37. The maximum Gasteiger partial charge on any atom is 0.247 e. The summed E-state index contributed by atoms with van der Waals surface area (Å²) in [7, 11) is 1.55. The van der Waals surface area contributed by atoms with Crippen molar-refractivity contribution in [1.82, 2.24) is 16.1 Å². The Hall–Kier alpha value is -1.63. The standard InChI is InChI=1S/C22H41N3O4/c1-13(2)12-16(19(26)24-18(21(28)23-7)22(4,5)6)17(20(27)25-29)15-10-8-14(3)9-11-15/h13-18,29H,8-12H2,1-7H3,(H,23,28)(H,24,26)(H,25,27)/t14?,15?,16-,17+,18-/m1/s1. The molecule has 0 aromatic carbocycles. The average Bonchev–Trinajstić information content (AvgIpc) is 2.64. The minimum Gasteiger partial charge on any atom is -0.357 e. The summed E-state index contributed by atoms with van der Waals surface area (Å²) < 4.78 is 0. The molecule has 1 fully saturated rings. The SMILES string of the molecule is CNC(=O)[C@@H](NC(=O)[C@H](CC(C)C)[C@@H](C(=O)NO)C1CCC(C)CC1)C(C)(C)C. The van der Waals surface area contributed by atoms with Crippen molar-refractivity contribution in [2.24, 2.45) is 35.0 Å². The van der Waals surface area contributed by atoms with E-state index in [0.717, 1.165) is 25.7 Å². The highest BCUT2D eigenvalue weighted by Gasteiger charge is 2.42. The normalized spacial score (nSPS) is 23.1. The van der Waals surface area contributed by atoms with E-state index in [9.17, 15) is 19.6 Å². The Kier molecular flexibility index (Phi) is 9.59. The molecule has 7 nitrogen and oxygen atoms in total. The van der Waals surface area contributed by atoms with Crippen LogP contribution in [0.2, 0.25) is 0 Å². The third-order valence-corrected chi connectivity index (χ3v) is 6.14. The topological polar surface area (TPSA) is 108 Å². The molecule has 7 heteroatoms. The van der Waals surface area contributed by atoms with Gasteiger partial charge in [0, 0.05) is 7.05 Å². The lowest BCUT2D eigenvalue weighted by Crippen LogP contribution is -2.56. The highest BCUT2D eigenvalue weighted by atomic mass is 16.5. The van der Waals surface area contributed by atoms with E-state index in [1.54, 1.807) is 12.5 Å². The molecule has 4 N–H and O–H groups in total. The number of rotatable bonds is 8. The van der Waals surface area contributed by atoms with Crippen molar-refractivity contribution in [3.8, 4) is 0 Å². The van der Waals surface area contributed by atoms with Crippen molar-refractivity contribution < 1.29 is 19.6 Å². The molecule has 0 radical (unpaired) electrons. The van der Waals surface area contributed by atoms with Crippen LogP contribution >= 0.6 is 0 Å². The smallest absolute Gasteiger partial charge is 0.247 e. The van der Waals surface area contributed by atoms with Gasteiger partial charge in [0.15, 0.2) is 0 Å². The minimum atomic E-state index is -0.709. The van der Waals surface area contributed by atoms with Gasteiger partial charge in [-0.25, -0.2) is 5.48 Å². The maximum atomic E-state index is 13.4. The molecule has 1 saturated carbocycles. The molecule has 1 aliphatic rings. The summed E-state index contributed by atoms with van der Waals surface area (Å²) in [6.07, 6.45) is 4.26. The highest BCUT2D eigenvalue weighted by molar-refractivity contribution is 5.91. The summed E-state index contributed by atoms with van der Waals surface area (Å²) in [6.45, 7) is 11.9. The molecule has 0 aliphatic heterocycles. The third-order valence-electron chi connectivity index (χ3n) is 6.14. The average molecular weight is 412 g/mol. The number of carbonyl (C=O) groups excluding carboxylic acids is 3. The molecule has 29 heavy (non-hydrogen) atoms. The van der Waals surface area contributed by atoms with Crippen molar-refractivity contribution in [1.29, 1.82) is 0 Å². The van der Waals surface area contributed by atoms with E-state index in [0.29, 0.717) is 12.3 Å². The molecule has 1 aliphatic carbocycles. The summed E-state index contributed by atoms with van der Waals surface area (Å²) in [4.78, 5) is 38.4. The van der Waals surface area contributed by atoms with Crippen LogP contribution in [0.15, 0.2) is 0 Å². The second kappa shape index (κ2) is 11.0. The van der Waals surface area contributed by atoms with Gasteiger partial charge in [-0.15, -0.1) is 0 Å². The number of carbonyl (C=O) groups is 3. The first kappa shape index (κ1) is 25.4. The van der Waals surface area contributed by atoms with E-state index in [-0.39, 0.29) is 23.7 Å². The van der Waals surface area contributed by atoms with Crippen LogP contribution in [-0.2, 0) is 14.4 Å². The molecule has 0 unspecified atom stereocenters. The van der Waals surface area contributed by atoms with E-state index in [4.69, 9.17) is 0 Å². The van der Waals surface area contributed by atoms with Gasteiger partial charge in [-0.3, -0.25) is 19.6 Å². The van der Waals surface area contributed by atoms with Crippen LogP contribution in [0.5, 0.6) is 0 Å². The van der Waals surface area contributed by atoms with Crippen molar-refractivity contribution in [3.05, 3.63) is 0 Å². The Balaban J connectivity index is 3.20. The fourth-order valence-corrected chi connectivity index (χ4v) is 4.44. The quantitative estimate of drug-likeness (QED) is 0.364. The second-order valence-corrected chi connectivity index (χ2v) is 10.2. The zero-order valence-electron chi connectivity index (χ0n) is 19.2. The molecule has 0 spiro atoms. The van der Waals surface area contributed by atoms with E-state index in [1.807, 2.05) is 34.6 Å². The van der Waals surface area contributed by atoms with Crippen molar-refractivity contribution >= 4 is 17.7 Å². The largest absolute Gasteiger partial charge is 0.357 e. The molecule has 3 amide bonds. The van der Waals surface area contributed by atoms with Gasteiger partial charge in [-0.05, 0) is 42.4 Å². The number of nitrogens with one attached hydrogen (secondary N) is 3. The maximum absolute atomic E-state index is 13.4. The highest BCUT2D eigenvalue weighted by Crippen LogP contribution is 2.39. The molecule has 0 bridgehead atoms. The lowest BCUT2D eigenvalue weighted by atomic mass is 9.69. The Bertz CT molecular complexity index is 563. The van der Waals surface area contributed by atoms with Gasteiger partial charge in [-0.1, -0.05) is 54.4 Å². The Morgan fingerprint density at radius 3 is 1.97 bits per heavy atom. The predicted molar refractivity (Wildman–Crippen MR) is 113 cm³/mol. The fourth-order valence-electron chi connectivity index (χ4n) is 4.44. The van der Waals surface area contributed by atoms with Crippen molar-refractivity contribution in [2.75, 3.05) is 7.05 Å². The van der Waals surface area contributed by atoms with Crippen LogP contribution in [-0.4, -0.2) is 36.0 Å². The first-order chi connectivity index (χ1) is 13.4. The lowest BCUT2D eigenvalue weighted by molar-refractivity contribution is -0.145. The molecular weight excluding hydrogens is 370 g/mol. The van der Waals surface area contributed by atoms with Crippen LogP contribution in [0.3, 0.4) is 0 Å². The van der Waals surface area contributed by atoms with E-state index >= 15 is 0 Å². The minimum absolute atomic E-state index is 0.0425. The molecule has 0 aromatic rings. The molecule has 0 aromatic heterocycles. The monoisotopic (exact) mass is 411 g/mol. The molecule has 0 saturated heterocycles. The Morgan fingerprint density at radius 2 is 1.55 bits per heavy atom. The van der Waals surface area contributed by atoms with Gasteiger partial charge in [-0.2, -0.15) is 0 Å². The molecular formula is C22H41N3O4. The van der Waals surface area contributed by atoms with E-state index < -0.39 is 29.2 Å². The summed E-state index contributed by atoms with van der Waals surface area (Å²) in [5, 5.41) is 14.9. The molecule has 1 rings (SSSR count). The van der Waals surface area contributed by atoms with E-state index in [1.165, 1.54) is 0 Å². The van der Waals surface area contributed by atoms with Gasteiger partial charge in [0.25, 0.3) is 0 Å². The van der Waals surface area contributed by atoms with Crippen LogP contribution in [0.4, 0.5) is 0 Å². The van der Waals surface area contributed by atoms with Crippen molar-refractivity contribution in [3.63, 3.8) is 0 Å². The molecule has 3 atom stereocenters. The van der Waals surface area contributed by atoms with Gasteiger partial charge in [0.1, 0.15) is 6.04 Å². The predicted octanol–water partition coefficient (Wildman–Crippen LogP) is 2.87. The number of amides is 3. The summed E-state index contributed by atoms with van der Waals surface area (Å²) in [6, 6.07) is -0.709. The summed E-state index contributed by atoms with van der Waals surface area (Å²) >= 11 is 0. The Morgan fingerprint density at radius 1 is 1.00 bits per heavy atom. The molecule has 0 heterocycles. The molecule has 168 valence electrons. The summed E-state index contributed by atoms with van der Waals surface area (Å²) in [5.74, 6) is -1.43. The van der Waals surface area contributed by atoms with Crippen LogP contribution in [0.25, 0.3) is 0 Å². The van der Waals surface area contributed by atoms with Crippen LogP contribution in [0.1, 0.15) is 73.6 Å². The fraction of sp³-hybridized carbons (Fsp3) is 0.864. The number of hydroxylamine groups is 1. The first-order valence-electron chi connectivity index (χ1n) is 10.9. The second-order valence-electron chi connectivity index (χ2n) is 10.2. The number of likely N-dealkylation sites (N-methyl/N-ethyl adjacent to an activating group) is 1. The van der Waals surface area contributed by atoms with Gasteiger partial charge < -0.3 is 10.6 Å². The number of hydrogen-bond acceptors (Lipinski definition) is 4. The first-order valence-corrected chi connectivity index (χ1v) is 10.9. The zero-order valence-corrected chi connectivity index (χ0v) is 19.2. The summed E-state index contributed by atoms with van der Waals surface area (Å²) in [5.41, 5.74) is 1.32. The number of hydrogen-bond donors (Lipinski definition) is 4. The van der Waals surface area contributed by atoms with Gasteiger partial charge in [0.2, 0.25) is 17.7 Å². The third kappa shape index (κ3) is 7.28. The van der Waals surface area contributed by atoms with Crippen LogP contribution < -0.4 is 16.1 Å². The van der Waals surface area contributed by atoms with Crippen molar-refractivity contribution in [2.45, 2.75) is 79.7 Å². The van der Waals surface area contributed by atoms with E-state index in [2.05, 4.69) is 17.6 Å². The Labute approximate surface area is 175 Å². The zero-order chi connectivity index (χ0) is 22.4. The van der Waals surface area contributed by atoms with Gasteiger partial charge >= 0.3 is 0 Å².